The molecule has 90 valence electrons. The van der Waals surface area contributed by atoms with Crippen LogP contribution in [0.2, 0.25) is 0 Å². The summed E-state index contributed by atoms with van der Waals surface area (Å²) in [5.74, 6) is 0. The topological polar surface area (TPSA) is 53.0 Å². The number of hydrogen-bond donors (Lipinski definition) is 1. The van der Waals surface area contributed by atoms with Gasteiger partial charge in [-0.2, -0.15) is 5.26 Å². The van der Waals surface area contributed by atoms with Crippen LogP contribution >= 0.6 is 23.6 Å². The molecule has 2 N–H and O–H groups in total. The van der Waals surface area contributed by atoms with Gasteiger partial charge in [-0.3, -0.25) is 4.90 Å². The number of nitrogens with two attached hydrogens (primary N) is 1. The Hall–Kier alpha value is -0.960. The van der Waals surface area contributed by atoms with Crippen molar-refractivity contribution in [2.45, 2.75) is 32.4 Å². The second kappa shape index (κ2) is 4.05. The van der Waals surface area contributed by atoms with Gasteiger partial charge in [-0.1, -0.05) is 12.2 Å². The van der Waals surface area contributed by atoms with E-state index < -0.39 is 0 Å². The molecule has 3 nitrogen and oxygen atoms in total. The van der Waals surface area contributed by atoms with Crippen molar-refractivity contribution in [2.24, 2.45) is 0 Å². The van der Waals surface area contributed by atoms with E-state index in [4.69, 9.17) is 18.0 Å². The monoisotopic (exact) mass is 265 g/mol. The summed E-state index contributed by atoms with van der Waals surface area (Å²) in [5, 5.41) is 9.78. The van der Waals surface area contributed by atoms with Crippen molar-refractivity contribution < 1.29 is 0 Å². The smallest absolute Gasteiger partial charge is 0.105 e. The third-order valence-electron chi connectivity index (χ3n) is 3.51. The standard InChI is InChI=1S/C12H15N3S2/c1-12(2)4-7-8(5-13)10(14)17-11(16)9(7)6-15(12)3/h4,6,14H2,1-3H3. The zero-order chi connectivity index (χ0) is 12.8. The van der Waals surface area contributed by atoms with E-state index in [2.05, 4.69) is 31.9 Å². The SMILES string of the molecule is CN1Cc2c(c(C#N)c(N)sc2=S)CC1(C)C. The molecule has 1 aromatic heterocycles. The van der Waals surface area contributed by atoms with Crippen molar-refractivity contribution in [3.05, 3.63) is 20.5 Å². The number of nitrogens with zero attached hydrogens (tertiary/aromatic N) is 2. The largest absolute Gasteiger partial charge is 0.389 e. The Morgan fingerprint density at radius 1 is 1.47 bits per heavy atom. The lowest BCUT2D eigenvalue weighted by molar-refractivity contribution is 0.133. The first kappa shape index (κ1) is 12.5. The van der Waals surface area contributed by atoms with Crippen molar-refractivity contribution in [1.82, 2.24) is 4.90 Å². The third-order valence-corrected chi connectivity index (χ3v) is 4.86. The van der Waals surface area contributed by atoms with Crippen LogP contribution < -0.4 is 5.73 Å². The lowest BCUT2D eigenvalue weighted by Gasteiger charge is -2.41. The summed E-state index contributed by atoms with van der Waals surface area (Å²) in [4.78, 5) is 2.27. The van der Waals surface area contributed by atoms with E-state index in [0.29, 0.717) is 10.6 Å². The molecule has 0 fully saturated rings. The number of rotatable bonds is 0. The van der Waals surface area contributed by atoms with Crippen LogP contribution in [0.15, 0.2) is 0 Å². The molecule has 17 heavy (non-hydrogen) atoms. The number of nitrogen functional groups attached to an aromatic ring is 1. The second-order valence-corrected chi connectivity index (χ2v) is 6.76. The van der Waals surface area contributed by atoms with Gasteiger partial charge in [-0.15, -0.1) is 11.3 Å². The Labute approximate surface area is 110 Å². The molecule has 2 rings (SSSR count). The summed E-state index contributed by atoms with van der Waals surface area (Å²) in [7, 11) is 2.09. The van der Waals surface area contributed by atoms with Gasteiger partial charge in [0.2, 0.25) is 0 Å². The van der Waals surface area contributed by atoms with E-state index in [-0.39, 0.29) is 5.54 Å². The summed E-state index contributed by atoms with van der Waals surface area (Å²) < 4.78 is 0.818. The van der Waals surface area contributed by atoms with Crippen molar-refractivity contribution in [3.63, 3.8) is 0 Å². The average molecular weight is 265 g/mol. The van der Waals surface area contributed by atoms with Gasteiger partial charge < -0.3 is 5.73 Å². The quantitative estimate of drug-likeness (QED) is 0.733. The Kier molecular flexibility index (Phi) is 2.98. The molecule has 0 saturated heterocycles. The Balaban J connectivity index is 2.71. The molecule has 0 saturated carbocycles. The predicted octanol–water partition coefficient (Wildman–Crippen LogP) is 2.70. The van der Waals surface area contributed by atoms with E-state index in [1.165, 1.54) is 11.3 Å². The van der Waals surface area contributed by atoms with Gasteiger partial charge in [-0.25, -0.2) is 0 Å². The van der Waals surface area contributed by atoms with Crippen LogP contribution in [-0.2, 0) is 13.0 Å². The number of fused-ring (bicyclic) bond motifs is 1. The minimum absolute atomic E-state index is 0.0405. The summed E-state index contributed by atoms with van der Waals surface area (Å²) >= 11 is 6.71. The fraction of sp³-hybridized carbons (Fsp3) is 0.500. The lowest BCUT2D eigenvalue weighted by Crippen LogP contribution is -2.46. The van der Waals surface area contributed by atoms with Crippen molar-refractivity contribution in [2.75, 3.05) is 12.8 Å². The van der Waals surface area contributed by atoms with Crippen LogP contribution in [0.25, 0.3) is 0 Å². The average Bonchev–Trinajstić information content (AvgIpc) is 2.21. The van der Waals surface area contributed by atoms with Crippen LogP contribution in [-0.4, -0.2) is 17.5 Å². The summed E-state index contributed by atoms with van der Waals surface area (Å²) in [6.07, 6.45) is 0.823. The number of hydrogen-bond acceptors (Lipinski definition) is 5. The predicted molar refractivity (Wildman–Crippen MR) is 73.5 cm³/mol. The number of nitriles is 1. The molecule has 0 bridgehead atoms. The van der Waals surface area contributed by atoms with E-state index in [0.717, 1.165) is 27.9 Å². The molecular weight excluding hydrogens is 250 g/mol. The zero-order valence-electron chi connectivity index (χ0n) is 10.2. The molecule has 0 atom stereocenters. The second-order valence-electron chi connectivity index (χ2n) is 5.04. The van der Waals surface area contributed by atoms with E-state index in [1.807, 2.05) is 0 Å². The summed E-state index contributed by atoms with van der Waals surface area (Å²) in [6.45, 7) is 5.14. The van der Waals surface area contributed by atoms with Gasteiger partial charge in [-0.05, 0) is 38.4 Å². The highest BCUT2D eigenvalue weighted by Crippen LogP contribution is 2.36. The van der Waals surface area contributed by atoms with Crippen LogP contribution in [0.3, 0.4) is 0 Å². The van der Waals surface area contributed by atoms with Crippen LogP contribution in [0.5, 0.6) is 0 Å². The minimum atomic E-state index is 0.0405. The minimum Gasteiger partial charge on any atom is -0.389 e. The van der Waals surface area contributed by atoms with Crippen molar-refractivity contribution in [3.8, 4) is 6.07 Å². The van der Waals surface area contributed by atoms with Gasteiger partial charge in [0.15, 0.2) is 0 Å². The molecule has 1 aromatic rings. The maximum atomic E-state index is 9.23. The van der Waals surface area contributed by atoms with Crippen LogP contribution in [0, 0.1) is 15.2 Å². The highest BCUT2D eigenvalue weighted by molar-refractivity contribution is 7.73. The van der Waals surface area contributed by atoms with Gasteiger partial charge in [0.25, 0.3) is 0 Å². The first-order chi connectivity index (χ1) is 7.86. The molecular formula is C12H15N3S2. The lowest BCUT2D eigenvalue weighted by atomic mass is 9.85. The van der Waals surface area contributed by atoms with E-state index in [1.54, 1.807) is 0 Å². The Morgan fingerprint density at radius 3 is 2.71 bits per heavy atom. The third kappa shape index (κ3) is 1.97. The number of anilines is 1. The molecule has 2 heterocycles. The maximum absolute atomic E-state index is 9.23. The molecule has 0 spiro atoms. The molecule has 5 heteroatoms. The molecule has 0 aromatic carbocycles. The van der Waals surface area contributed by atoms with E-state index in [9.17, 15) is 5.26 Å². The molecule has 0 amide bonds. The van der Waals surface area contributed by atoms with Gasteiger partial charge in [0.05, 0.1) is 9.39 Å². The van der Waals surface area contributed by atoms with Gasteiger partial charge in [0.1, 0.15) is 11.1 Å². The Morgan fingerprint density at radius 2 is 2.12 bits per heavy atom. The van der Waals surface area contributed by atoms with Crippen molar-refractivity contribution in [1.29, 1.82) is 5.26 Å². The molecule has 1 aliphatic heterocycles. The van der Waals surface area contributed by atoms with Crippen LogP contribution in [0.1, 0.15) is 30.5 Å². The number of likely N-dealkylation sites (N-methyl/N-ethyl adjacent to an activating group) is 1. The van der Waals surface area contributed by atoms with E-state index >= 15 is 0 Å². The fourth-order valence-electron chi connectivity index (χ4n) is 2.13. The fourth-order valence-corrected chi connectivity index (χ4v) is 3.37. The highest BCUT2D eigenvalue weighted by atomic mass is 32.1. The van der Waals surface area contributed by atoms with Gasteiger partial charge in [0, 0.05) is 12.1 Å². The molecule has 0 unspecified atom stereocenters. The molecule has 0 aliphatic carbocycles. The molecule has 0 radical (unpaired) electrons. The Bertz CT molecular complexity index is 566. The van der Waals surface area contributed by atoms with Crippen molar-refractivity contribution >= 4 is 28.6 Å². The normalized spacial score (nSPS) is 18.5. The summed E-state index contributed by atoms with van der Waals surface area (Å²) in [5.41, 5.74) is 8.72. The first-order valence-corrected chi connectivity index (χ1v) is 6.65. The van der Waals surface area contributed by atoms with Crippen LogP contribution in [0.4, 0.5) is 5.00 Å². The first-order valence-electron chi connectivity index (χ1n) is 5.42. The highest BCUT2D eigenvalue weighted by Gasteiger charge is 2.33. The summed E-state index contributed by atoms with van der Waals surface area (Å²) in [6, 6.07) is 2.22. The maximum Gasteiger partial charge on any atom is 0.105 e. The zero-order valence-corrected chi connectivity index (χ0v) is 11.8. The molecule has 1 aliphatic rings. The van der Waals surface area contributed by atoms with Gasteiger partial charge >= 0.3 is 0 Å².